The SMILES string of the molecule is C[C@H](NC(=O)C1CCN(S(=O)(=O)Cc2ccccc2Cl)CC1)c1ccc2c(c1)CCC2. The van der Waals surface area contributed by atoms with E-state index in [0.717, 1.165) is 18.4 Å². The fourth-order valence-corrected chi connectivity index (χ4v) is 6.45. The number of aryl methyl sites for hydroxylation is 2. The molecule has 4 rings (SSSR count). The minimum Gasteiger partial charge on any atom is -0.349 e. The van der Waals surface area contributed by atoms with Gasteiger partial charge in [0.15, 0.2) is 0 Å². The van der Waals surface area contributed by atoms with E-state index >= 15 is 0 Å². The molecule has 2 aliphatic rings. The van der Waals surface area contributed by atoms with Crippen molar-refractivity contribution in [3.05, 3.63) is 69.7 Å². The number of benzene rings is 2. The van der Waals surface area contributed by atoms with Gasteiger partial charge in [-0.25, -0.2) is 12.7 Å². The van der Waals surface area contributed by atoms with Gasteiger partial charge in [0.2, 0.25) is 15.9 Å². The lowest BCUT2D eigenvalue weighted by atomic mass is 9.96. The minimum absolute atomic E-state index is 0.0103. The molecule has 1 aliphatic heterocycles. The maximum absolute atomic E-state index is 12.8. The quantitative estimate of drug-likeness (QED) is 0.700. The summed E-state index contributed by atoms with van der Waals surface area (Å²) in [7, 11) is -3.46. The van der Waals surface area contributed by atoms with Crippen LogP contribution >= 0.6 is 11.6 Å². The van der Waals surface area contributed by atoms with Gasteiger partial charge in [-0.3, -0.25) is 4.79 Å². The van der Waals surface area contributed by atoms with Crippen LogP contribution in [0.25, 0.3) is 0 Å². The molecule has 1 saturated heterocycles. The number of carbonyl (C=O) groups excluding carboxylic acids is 1. The summed E-state index contributed by atoms with van der Waals surface area (Å²) in [5.74, 6) is -0.265. The summed E-state index contributed by atoms with van der Waals surface area (Å²) in [4.78, 5) is 12.8. The molecule has 2 aromatic rings. The monoisotopic (exact) mass is 460 g/mol. The number of fused-ring (bicyclic) bond motifs is 1. The molecule has 0 aromatic heterocycles. The highest BCUT2D eigenvalue weighted by Crippen LogP contribution is 2.27. The highest BCUT2D eigenvalue weighted by Gasteiger charge is 2.32. The first-order chi connectivity index (χ1) is 14.8. The van der Waals surface area contributed by atoms with E-state index in [9.17, 15) is 13.2 Å². The molecule has 5 nitrogen and oxygen atoms in total. The van der Waals surface area contributed by atoms with Crippen molar-refractivity contribution in [1.29, 1.82) is 0 Å². The topological polar surface area (TPSA) is 66.5 Å². The van der Waals surface area contributed by atoms with E-state index in [1.807, 2.05) is 6.92 Å². The Labute approximate surface area is 189 Å². The van der Waals surface area contributed by atoms with Gasteiger partial charge in [0, 0.05) is 24.0 Å². The molecule has 0 spiro atoms. The molecule has 0 unspecified atom stereocenters. The Bertz CT molecular complexity index is 1060. The van der Waals surface area contributed by atoms with E-state index in [2.05, 4.69) is 23.5 Å². The van der Waals surface area contributed by atoms with Gasteiger partial charge < -0.3 is 5.32 Å². The average Bonchev–Trinajstić information content (AvgIpc) is 3.23. The van der Waals surface area contributed by atoms with Crippen molar-refractivity contribution in [3.63, 3.8) is 0 Å². The molecular formula is C24H29ClN2O3S. The molecule has 0 radical (unpaired) electrons. The number of hydrogen-bond acceptors (Lipinski definition) is 3. The third-order valence-electron chi connectivity index (χ3n) is 6.50. The first kappa shape index (κ1) is 22.3. The third kappa shape index (κ3) is 5.13. The molecule has 7 heteroatoms. The van der Waals surface area contributed by atoms with Crippen LogP contribution in [-0.4, -0.2) is 31.7 Å². The van der Waals surface area contributed by atoms with Crippen LogP contribution in [0.2, 0.25) is 5.02 Å². The van der Waals surface area contributed by atoms with Crippen LogP contribution in [0, 0.1) is 5.92 Å². The number of halogens is 1. The normalized spacial score (nSPS) is 18.5. The van der Waals surface area contributed by atoms with Crippen LogP contribution < -0.4 is 5.32 Å². The Morgan fingerprint density at radius 1 is 1.13 bits per heavy atom. The predicted octanol–water partition coefficient (Wildman–Crippen LogP) is 4.25. The third-order valence-corrected chi connectivity index (χ3v) is 8.69. The van der Waals surface area contributed by atoms with Gasteiger partial charge >= 0.3 is 0 Å². The number of nitrogens with zero attached hydrogens (tertiary/aromatic N) is 1. The number of nitrogens with one attached hydrogen (secondary N) is 1. The predicted molar refractivity (Wildman–Crippen MR) is 123 cm³/mol. The number of sulfonamides is 1. The number of piperidine rings is 1. The van der Waals surface area contributed by atoms with Gasteiger partial charge in [0.1, 0.15) is 0 Å². The molecule has 0 saturated carbocycles. The molecule has 1 heterocycles. The maximum Gasteiger partial charge on any atom is 0.223 e. The Balaban J connectivity index is 1.32. The second-order valence-corrected chi connectivity index (χ2v) is 11.0. The summed E-state index contributed by atoms with van der Waals surface area (Å²) >= 11 is 6.13. The smallest absolute Gasteiger partial charge is 0.223 e. The molecular weight excluding hydrogens is 432 g/mol. The van der Waals surface area contributed by atoms with Gasteiger partial charge in [-0.15, -0.1) is 0 Å². The molecule has 1 atom stereocenters. The highest BCUT2D eigenvalue weighted by atomic mass is 35.5. The number of carbonyl (C=O) groups is 1. The van der Waals surface area contributed by atoms with Gasteiger partial charge in [0.05, 0.1) is 11.8 Å². The largest absolute Gasteiger partial charge is 0.349 e. The van der Waals surface area contributed by atoms with Crippen molar-refractivity contribution in [2.75, 3.05) is 13.1 Å². The second kappa shape index (κ2) is 9.31. The molecule has 1 N–H and O–H groups in total. The lowest BCUT2D eigenvalue weighted by Crippen LogP contribution is -2.43. The van der Waals surface area contributed by atoms with E-state index in [1.54, 1.807) is 24.3 Å². The van der Waals surface area contributed by atoms with Gasteiger partial charge in [0.25, 0.3) is 0 Å². The molecule has 31 heavy (non-hydrogen) atoms. The van der Waals surface area contributed by atoms with Gasteiger partial charge in [-0.05, 0) is 67.3 Å². The molecule has 2 aromatic carbocycles. The van der Waals surface area contributed by atoms with Crippen molar-refractivity contribution in [2.45, 2.75) is 50.8 Å². The summed E-state index contributed by atoms with van der Waals surface area (Å²) in [6.07, 6.45) is 4.53. The summed E-state index contributed by atoms with van der Waals surface area (Å²) in [5.41, 5.74) is 4.56. The summed E-state index contributed by atoms with van der Waals surface area (Å²) < 4.78 is 27.1. The van der Waals surface area contributed by atoms with Crippen LogP contribution in [0.15, 0.2) is 42.5 Å². The van der Waals surface area contributed by atoms with Crippen molar-refractivity contribution >= 4 is 27.5 Å². The number of amides is 1. The highest BCUT2D eigenvalue weighted by molar-refractivity contribution is 7.88. The summed E-state index contributed by atoms with van der Waals surface area (Å²) in [6, 6.07) is 13.5. The minimum atomic E-state index is -3.46. The van der Waals surface area contributed by atoms with Crippen LogP contribution in [0.4, 0.5) is 0 Å². The lowest BCUT2D eigenvalue weighted by molar-refractivity contribution is -0.126. The summed E-state index contributed by atoms with van der Waals surface area (Å²) in [6.45, 7) is 2.73. The number of hydrogen-bond donors (Lipinski definition) is 1. The second-order valence-electron chi connectivity index (χ2n) is 8.63. The average molecular weight is 461 g/mol. The Kier molecular flexibility index (Phi) is 6.70. The molecule has 166 valence electrons. The Morgan fingerprint density at radius 2 is 1.84 bits per heavy atom. The summed E-state index contributed by atoms with van der Waals surface area (Å²) in [5, 5.41) is 3.59. The van der Waals surface area contributed by atoms with E-state index in [0.29, 0.717) is 36.5 Å². The van der Waals surface area contributed by atoms with Gasteiger partial charge in [-0.1, -0.05) is 48.0 Å². The first-order valence-corrected chi connectivity index (χ1v) is 13.0. The van der Waals surface area contributed by atoms with E-state index in [-0.39, 0.29) is 23.6 Å². The van der Waals surface area contributed by atoms with Crippen molar-refractivity contribution < 1.29 is 13.2 Å². The van der Waals surface area contributed by atoms with Crippen molar-refractivity contribution in [3.8, 4) is 0 Å². The van der Waals surface area contributed by atoms with Gasteiger partial charge in [-0.2, -0.15) is 0 Å². The van der Waals surface area contributed by atoms with Crippen LogP contribution in [0.3, 0.4) is 0 Å². The molecule has 1 aliphatic carbocycles. The Morgan fingerprint density at radius 3 is 2.58 bits per heavy atom. The van der Waals surface area contributed by atoms with Crippen LogP contribution in [0.5, 0.6) is 0 Å². The fraction of sp³-hybridized carbons (Fsp3) is 0.458. The molecule has 1 amide bonds. The standard InChI is InChI=1S/C24H29ClN2O3S/c1-17(20-10-9-18-6-4-7-21(18)15-20)26-24(28)19-11-13-27(14-12-19)31(29,30)16-22-5-2-3-8-23(22)25/h2-3,5,8-10,15,17,19H,4,6-7,11-14,16H2,1H3,(H,26,28)/t17-/m0/s1. The van der Waals surface area contributed by atoms with E-state index in [1.165, 1.54) is 21.9 Å². The zero-order valence-corrected chi connectivity index (χ0v) is 19.4. The number of rotatable bonds is 6. The van der Waals surface area contributed by atoms with Crippen molar-refractivity contribution in [2.24, 2.45) is 5.92 Å². The first-order valence-electron chi connectivity index (χ1n) is 11.0. The lowest BCUT2D eigenvalue weighted by Gasteiger charge is -2.31. The van der Waals surface area contributed by atoms with E-state index < -0.39 is 10.0 Å². The van der Waals surface area contributed by atoms with Crippen LogP contribution in [-0.2, 0) is 33.4 Å². The van der Waals surface area contributed by atoms with E-state index in [4.69, 9.17) is 11.6 Å². The molecule has 1 fully saturated rings. The fourth-order valence-electron chi connectivity index (χ4n) is 4.58. The maximum atomic E-state index is 12.8. The Hall–Kier alpha value is -1.89. The van der Waals surface area contributed by atoms with Crippen LogP contribution in [0.1, 0.15) is 54.5 Å². The zero-order chi connectivity index (χ0) is 22.0. The molecule has 0 bridgehead atoms. The van der Waals surface area contributed by atoms with Crippen molar-refractivity contribution in [1.82, 2.24) is 9.62 Å². The zero-order valence-electron chi connectivity index (χ0n) is 17.8.